The van der Waals surface area contributed by atoms with Crippen molar-refractivity contribution in [3.05, 3.63) is 71.4 Å². The summed E-state index contributed by atoms with van der Waals surface area (Å²) in [4.78, 5) is 24.4. The summed E-state index contributed by atoms with van der Waals surface area (Å²) >= 11 is 0. The molecule has 1 heterocycles. The van der Waals surface area contributed by atoms with Crippen molar-refractivity contribution in [2.45, 2.75) is 26.3 Å². The average Bonchev–Trinajstić information content (AvgIpc) is 2.99. The van der Waals surface area contributed by atoms with Crippen LogP contribution in [0.2, 0.25) is 0 Å². The molecule has 0 aliphatic heterocycles. The second kappa shape index (κ2) is 9.73. The number of amides is 2. The molecule has 2 amide bonds. The van der Waals surface area contributed by atoms with E-state index in [4.69, 9.17) is 4.74 Å². The molecule has 7 nitrogen and oxygen atoms in total. The highest BCUT2D eigenvalue weighted by atomic mass is 16.5. The van der Waals surface area contributed by atoms with Gasteiger partial charge in [-0.2, -0.15) is 5.10 Å². The third-order valence-corrected chi connectivity index (χ3v) is 4.99. The Bertz CT molecular complexity index is 1060. The third-order valence-electron chi connectivity index (χ3n) is 4.99. The van der Waals surface area contributed by atoms with E-state index in [1.54, 1.807) is 13.1 Å². The minimum Gasteiger partial charge on any atom is -0.450 e. The van der Waals surface area contributed by atoms with E-state index in [9.17, 15) is 9.59 Å². The van der Waals surface area contributed by atoms with Crippen LogP contribution in [0.3, 0.4) is 0 Å². The van der Waals surface area contributed by atoms with Crippen molar-refractivity contribution < 1.29 is 14.3 Å². The van der Waals surface area contributed by atoms with Crippen molar-refractivity contribution in [1.29, 1.82) is 0 Å². The van der Waals surface area contributed by atoms with Gasteiger partial charge in [0.05, 0.1) is 25.3 Å². The lowest BCUT2D eigenvalue weighted by atomic mass is 10.0. The van der Waals surface area contributed by atoms with Gasteiger partial charge in [-0.25, -0.2) is 10.2 Å². The van der Waals surface area contributed by atoms with Crippen LogP contribution >= 0.6 is 0 Å². The van der Waals surface area contributed by atoms with Crippen LogP contribution in [0.25, 0.3) is 10.9 Å². The fraction of sp³-hybridized carbons (Fsp3) is 0.261. The van der Waals surface area contributed by atoms with Gasteiger partial charge in [-0.05, 0) is 25.5 Å². The zero-order valence-corrected chi connectivity index (χ0v) is 17.4. The number of nitrogens with one attached hydrogen (secondary N) is 2. The van der Waals surface area contributed by atoms with Gasteiger partial charge in [-0.15, -0.1) is 0 Å². The average molecular weight is 406 g/mol. The first kappa shape index (κ1) is 21.1. The highest BCUT2D eigenvalue weighted by Crippen LogP contribution is 2.23. The van der Waals surface area contributed by atoms with Crippen molar-refractivity contribution >= 4 is 29.1 Å². The maximum atomic E-state index is 12.5. The van der Waals surface area contributed by atoms with E-state index in [2.05, 4.69) is 20.4 Å². The first-order chi connectivity index (χ1) is 14.5. The Labute approximate surface area is 175 Å². The van der Waals surface area contributed by atoms with E-state index >= 15 is 0 Å². The lowest BCUT2D eigenvalue weighted by molar-refractivity contribution is -0.121. The number of aromatic nitrogens is 1. The van der Waals surface area contributed by atoms with Crippen LogP contribution in [-0.4, -0.2) is 29.4 Å². The highest BCUT2D eigenvalue weighted by Gasteiger charge is 2.19. The van der Waals surface area contributed by atoms with E-state index in [0.717, 1.165) is 27.7 Å². The fourth-order valence-corrected chi connectivity index (χ4v) is 3.37. The molecule has 0 aliphatic rings. The van der Waals surface area contributed by atoms with Crippen molar-refractivity contribution in [2.75, 3.05) is 6.61 Å². The van der Waals surface area contributed by atoms with E-state index < -0.39 is 12.1 Å². The van der Waals surface area contributed by atoms with Gasteiger partial charge < -0.3 is 14.6 Å². The molecule has 1 aromatic heterocycles. The lowest BCUT2D eigenvalue weighted by Crippen LogP contribution is -2.33. The summed E-state index contributed by atoms with van der Waals surface area (Å²) < 4.78 is 7.05. The van der Waals surface area contributed by atoms with Gasteiger partial charge in [-0.1, -0.05) is 48.5 Å². The second-order valence-corrected chi connectivity index (χ2v) is 6.90. The van der Waals surface area contributed by atoms with Gasteiger partial charge in [0.2, 0.25) is 5.91 Å². The fourth-order valence-electron chi connectivity index (χ4n) is 3.37. The molecule has 7 heteroatoms. The van der Waals surface area contributed by atoms with Crippen molar-refractivity contribution in [2.24, 2.45) is 12.1 Å². The minimum absolute atomic E-state index is 0.0364. The molecular formula is C23H26N4O3. The first-order valence-corrected chi connectivity index (χ1v) is 9.85. The highest BCUT2D eigenvalue weighted by molar-refractivity contribution is 6.01. The standard InChI is InChI=1S/C23H26N4O3/c1-4-30-23(29)25-20(17-10-6-5-7-11-17)14-22(28)26-24-15-19-16(2)27(3)21-13-9-8-12-18(19)21/h5-13,15,20H,4,14H2,1-3H3,(H,25,29)(H,26,28)/b24-15-/t20-/m0/s1. The van der Waals surface area contributed by atoms with E-state index in [-0.39, 0.29) is 18.9 Å². The number of rotatable bonds is 7. The summed E-state index contributed by atoms with van der Waals surface area (Å²) in [5, 5.41) is 7.95. The zero-order chi connectivity index (χ0) is 21.5. The normalized spacial score (nSPS) is 12.1. The minimum atomic E-state index is -0.561. The van der Waals surface area contributed by atoms with E-state index in [0.29, 0.717) is 0 Å². The number of aryl methyl sites for hydroxylation is 1. The number of carbonyl (C=O) groups is 2. The van der Waals surface area contributed by atoms with Gasteiger partial charge in [-0.3, -0.25) is 4.79 Å². The molecular weight excluding hydrogens is 380 g/mol. The molecule has 2 aromatic carbocycles. The number of carbonyl (C=O) groups excluding carboxylic acids is 2. The predicted octanol–water partition coefficient (Wildman–Crippen LogP) is 3.81. The van der Waals surface area contributed by atoms with Crippen molar-refractivity contribution in [3.63, 3.8) is 0 Å². The van der Waals surface area contributed by atoms with Crippen molar-refractivity contribution in [1.82, 2.24) is 15.3 Å². The van der Waals surface area contributed by atoms with Crippen LogP contribution in [0.4, 0.5) is 4.79 Å². The van der Waals surface area contributed by atoms with Gasteiger partial charge in [0.25, 0.3) is 0 Å². The number of benzene rings is 2. The Morgan fingerprint density at radius 3 is 2.57 bits per heavy atom. The lowest BCUT2D eigenvalue weighted by Gasteiger charge is -2.18. The number of hydrazone groups is 1. The Morgan fingerprint density at radius 2 is 1.83 bits per heavy atom. The molecule has 2 N–H and O–H groups in total. The van der Waals surface area contributed by atoms with E-state index in [1.165, 1.54) is 0 Å². The van der Waals surface area contributed by atoms with Crippen LogP contribution in [0.1, 0.15) is 36.2 Å². The molecule has 0 bridgehead atoms. The Kier molecular flexibility index (Phi) is 6.85. The SMILES string of the molecule is CCOC(=O)N[C@@H](CC(=O)N/N=C\c1c(C)n(C)c2ccccc12)c1ccccc1. The Balaban J connectivity index is 1.70. The maximum Gasteiger partial charge on any atom is 0.407 e. The summed E-state index contributed by atoms with van der Waals surface area (Å²) in [7, 11) is 2.00. The molecule has 0 saturated carbocycles. The molecule has 0 spiro atoms. The number of fused-ring (bicyclic) bond motifs is 1. The number of ether oxygens (including phenoxy) is 1. The predicted molar refractivity (Wildman–Crippen MR) is 117 cm³/mol. The zero-order valence-electron chi connectivity index (χ0n) is 17.4. The smallest absolute Gasteiger partial charge is 0.407 e. The summed E-state index contributed by atoms with van der Waals surface area (Å²) in [6.07, 6.45) is 1.13. The molecule has 0 unspecified atom stereocenters. The Morgan fingerprint density at radius 1 is 1.13 bits per heavy atom. The molecule has 0 fully saturated rings. The van der Waals surface area contributed by atoms with Gasteiger partial charge in [0.1, 0.15) is 0 Å². The van der Waals surface area contributed by atoms with E-state index in [1.807, 2.05) is 68.6 Å². The van der Waals surface area contributed by atoms with Gasteiger partial charge >= 0.3 is 6.09 Å². The number of alkyl carbamates (subject to hydrolysis) is 1. The van der Waals surface area contributed by atoms with Crippen LogP contribution in [0, 0.1) is 6.92 Å². The molecule has 0 saturated heterocycles. The molecule has 3 rings (SSSR count). The second-order valence-electron chi connectivity index (χ2n) is 6.90. The largest absolute Gasteiger partial charge is 0.450 e. The Hall–Kier alpha value is -3.61. The number of hydrogen-bond donors (Lipinski definition) is 2. The quantitative estimate of drug-likeness (QED) is 0.462. The van der Waals surface area contributed by atoms with Crippen LogP contribution < -0.4 is 10.7 Å². The maximum absolute atomic E-state index is 12.5. The summed E-state index contributed by atoms with van der Waals surface area (Å²) in [5.74, 6) is -0.310. The van der Waals surface area contributed by atoms with Crippen LogP contribution in [-0.2, 0) is 16.6 Å². The number of para-hydroxylation sites is 1. The van der Waals surface area contributed by atoms with Crippen LogP contribution in [0.5, 0.6) is 0 Å². The van der Waals surface area contributed by atoms with Gasteiger partial charge in [0, 0.05) is 29.2 Å². The molecule has 3 aromatic rings. The van der Waals surface area contributed by atoms with Gasteiger partial charge in [0.15, 0.2) is 0 Å². The van der Waals surface area contributed by atoms with Crippen molar-refractivity contribution in [3.8, 4) is 0 Å². The summed E-state index contributed by atoms with van der Waals surface area (Å²) in [5.41, 5.74) is 6.50. The third kappa shape index (κ3) is 4.86. The molecule has 0 radical (unpaired) electrons. The molecule has 156 valence electrons. The topological polar surface area (TPSA) is 84.7 Å². The summed E-state index contributed by atoms with van der Waals surface area (Å²) in [6.45, 7) is 4.00. The number of nitrogens with zero attached hydrogens (tertiary/aromatic N) is 2. The summed E-state index contributed by atoms with van der Waals surface area (Å²) in [6, 6.07) is 16.8. The van der Waals surface area contributed by atoms with Crippen LogP contribution in [0.15, 0.2) is 59.7 Å². The number of hydrogen-bond acceptors (Lipinski definition) is 4. The molecule has 1 atom stereocenters. The monoisotopic (exact) mass is 406 g/mol. The molecule has 30 heavy (non-hydrogen) atoms. The first-order valence-electron chi connectivity index (χ1n) is 9.85. The molecule has 0 aliphatic carbocycles.